The molecule has 8 nitrogen and oxygen atoms in total. The number of hydrogen-bond acceptors (Lipinski definition) is 7. The molecule has 0 spiro atoms. The summed E-state index contributed by atoms with van der Waals surface area (Å²) in [6, 6.07) is 17.9. The summed E-state index contributed by atoms with van der Waals surface area (Å²) in [5.41, 5.74) is 1.87. The number of methoxy groups -OCH3 is 1. The van der Waals surface area contributed by atoms with Crippen LogP contribution >= 0.6 is 0 Å². The molecule has 34 heavy (non-hydrogen) atoms. The molecular formula is C25H25NO7S. The second-order valence-electron chi connectivity index (χ2n) is 7.59. The summed E-state index contributed by atoms with van der Waals surface area (Å²) in [7, 11) is -2.86. The highest BCUT2D eigenvalue weighted by molar-refractivity contribution is 7.91. The Bertz CT molecular complexity index is 1260. The molecule has 3 aromatic carbocycles. The van der Waals surface area contributed by atoms with E-state index in [4.69, 9.17) is 9.47 Å². The first-order chi connectivity index (χ1) is 16.2. The molecule has 3 rings (SSSR count). The maximum atomic E-state index is 13.3. The number of hydrogen-bond donors (Lipinski definition) is 2. The van der Waals surface area contributed by atoms with E-state index in [9.17, 15) is 23.1 Å². The normalized spacial score (nSPS) is 11.9. The smallest absolute Gasteiger partial charge is 0.408 e. The Kier molecular flexibility index (Phi) is 7.91. The van der Waals surface area contributed by atoms with Crippen LogP contribution in [-0.4, -0.2) is 38.7 Å². The Balaban J connectivity index is 1.85. The van der Waals surface area contributed by atoms with E-state index in [0.717, 1.165) is 24.3 Å². The number of ether oxygens (including phenoxy) is 2. The molecule has 0 bridgehead atoms. The number of rotatable bonds is 8. The number of carbonyl (C=O) groups excluding carboxylic acids is 2. The Hall–Kier alpha value is -3.85. The van der Waals surface area contributed by atoms with Crippen LogP contribution in [-0.2, 0) is 37.1 Å². The number of carbonyl (C=O) groups is 2. The van der Waals surface area contributed by atoms with Crippen LogP contribution in [0.2, 0.25) is 0 Å². The number of esters is 1. The predicted molar refractivity (Wildman–Crippen MR) is 124 cm³/mol. The van der Waals surface area contributed by atoms with Crippen LogP contribution in [0, 0.1) is 6.92 Å². The second kappa shape index (κ2) is 10.8. The van der Waals surface area contributed by atoms with Crippen molar-refractivity contribution in [2.45, 2.75) is 35.8 Å². The summed E-state index contributed by atoms with van der Waals surface area (Å²) in [5.74, 6) is -1.03. The Morgan fingerprint density at radius 1 is 1.00 bits per heavy atom. The molecule has 0 fully saturated rings. The minimum atomic E-state index is -4.02. The van der Waals surface area contributed by atoms with E-state index in [2.05, 4.69) is 5.32 Å². The monoisotopic (exact) mass is 483 g/mol. The molecule has 178 valence electrons. The summed E-state index contributed by atoms with van der Waals surface area (Å²) in [5, 5.41) is 12.4. The largest absolute Gasteiger partial charge is 0.508 e. The zero-order valence-corrected chi connectivity index (χ0v) is 19.5. The van der Waals surface area contributed by atoms with Gasteiger partial charge in [0.15, 0.2) is 0 Å². The van der Waals surface area contributed by atoms with E-state index < -0.39 is 27.9 Å². The summed E-state index contributed by atoms with van der Waals surface area (Å²) < 4.78 is 36.5. The SMILES string of the molecule is COC(=O)[C@H](Cc1ccc(O)cc1S(=O)(=O)c1ccc(C)cc1)NC(=O)OCc1ccccc1. The second-order valence-corrected chi connectivity index (χ2v) is 9.51. The van der Waals surface area contributed by atoms with Gasteiger partial charge in [0.1, 0.15) is 18.4 Å². The van der Waals surface area contributed by atoms with Gasteiger partial charge in [0, 0.05) is 6.42 Å². The van der Waals surface area contributed by atoms with Gasteiger partial charge in [-0.15, -0.1) is 0 Å². The van der Waals surface area contributed by atoms with Crippen LogP contribution in [0.15, 0.2) is 82.6 Å². The van der Waals surface area contributed by atoms with Crippen molar-refractivity contribution < 1.29 is 32.6 Å². The third kappa shape index (κ3) is 6.14. The first-order valence-corrected chi connectivity index (χ1v) is 11.9. The third-order valence-electron chi connectivity index (χ3n) is 5.09. The Morgan fingerprint density at radius 3 is 2.32 bits per heavy atom. The van der Waals surface area contributed by atoms with Crippen LogP contribution in [0.4, 0.5) is 4.79 Å². The molecule has 0 unspecified atom stereocenters. The maximum absolute atomic E-state index is 13.3. The van der Waals surface area contributed by atoms with E-state index in [-0.39, 0.29) is 34.1 Å². The first-order valence-electron chi connectivity index (χ1n) is 10.4. The molecule has 2 N–H and O–H groups in total. The zero-order chi connectivity index (χ0) is 24.7. The molecule has 0 radical (unpaired) electrons. The average Bonchev–Trinajstić information content (AvgIpc) is 2.83. The molecular weight excluding hydrogens is 458 g/mol. The predicted octanol–water partition coefficient (Wildman–Crippen LogP) is 3.54. The fourth-order valence-corrected chi connectivity index (χ4v) is 4.79. The summed E-state index contributed by atoms with van der Waals surface area (Å²) >= 11 is 0. The molecule has 3 aromatic rings. The molecule has 9 heteroatoms. The standard InChI is InChI=1S/C25H25NO7S/c1-17-8-12-21(13-9-17)34(30,31)23-15-20(27)11-10-19(23)14-22(24(28)32-2)26-25(29)33-16-18-6-4-3-5-7-18/h3-13,15,22,27H,14,16H2,1-2H3,(H,26,29)/t22-/m0/s1. The van der Waals surface area contributed by atoms with E-state index in [1.54, 1.807) is 36.4 Å². The van der Waals surface area contributed by atoms with Crippen LogP contribution in [0.3, 0.4) is 0 Å². The lowest BCUT2D eigenvalue weighted by molar-refractivity contribution is -0.143. The fraction of sp³-hybridized carbons (Fsp3) is 0.200. The topological polar surface area (TPSA) is 119 Å². The van der Waals surface area contributed by atoms with Gasteiger partial charge in [0.25, 0.3) is 0 Å². The number of phenolic OH excluding ortho intramolecular Hbond substituents is 1. The first kappa shape index (κ1) is 24.8. The number of benzene rings is 3. The van der Waals surface area contributed by atoms with Crippen LogP contribution in [0.25, 0.3) is 0 Å². The number of alkyl carbamates (subject to hydrolysis) is 1. The molecule has 0 heterocycles. The number of sulfone groups is 1. The van der Waals surface area contributed by atoms with E-state index in [0.29, 0.717) is 0 Å². The summed E-state index contributed by atoms with van der Waals surface area (Å²) in [6.07, 6.45) is -1.06. The van der Waals surface area contributed by atoms with Gasteiger partial charge in [-0.3, -0.25) is 0 Å². The highest BCUT2D eigenvalue weighted by atomic mass is 32.2. The summed E-state index contributed by atoms with van der Waals surface area (Å²) in [4.78, 5) is 24.6. The molecule has 0 aliphatic rings. The van der Waals surface area contributed by atoms with Gasteiger partial charge in [-0.1, -0.05) is 54.1 Å². The van der Waals surface area contributed by atoms with Crippen molar-refractivity contribution in [3.8, 4) is 5.75 Å². The van der Waals surface area contributed by atoms with Crippen molar-refractivity contribution >= 4 is 21.9 Å². The molecule has 0 aromatic heterocycles. The van der Waals surface area contributed by atoms with Gasteiger partial charge in [-0.25, -0.2) is 18.0 Å². The lowest BCUT2D eigenvalue weighted by atomic mass is 10.1. The highest BCUT2D eigenvalue weighted by Crippen LogP contribution is 2.28. The van der Waals surface area contributed by atoms with Crippen molar-refractivity contribution in [2.24, 2.45) is 0 Å². The fourth-order valence-electron chi connectivity index (χ4n) is 3.27. The number of amides is 1. The molecule has 1 atom stereocenters. The van der Waals surface area contributed by atoms with Crippen molar-refractivity contribution in [3.05, 3.63) is 89.5 Å². The Labute approximate surface area is 198 Å². The minimum Gasteiger partial charge on any atom is -0.508 e. The molecule has 1 amide bonds. The van der Waals surface area contributed by atoms with E-state index in [1.165, 1.54) is 24.3 Å². The van der Waals surface area contributed by atoms with Crippen molar-refractivity contribution in [1.82, 2.24) is 5.32 Å². The van der Waals surface area contributed by atoms with Gasteiger partial charge in [0.05, 0.1) is 16.9 Å². The van der Waals surface area contributed by atoms with Crippen LogP contribution in [0.1, 0.15) is 16.7 Å². The zero-order valence-electron chi connectivity index (χ0n) is 18.7. The molecule has 0 saturated carbocycles. The van der Waals surface area contributed by atoms with Gasteiger partial charge in [0.2, 0.25) is 9.84 Å². The number of aromatic hydroxyl groups is 1. The lowest BCUT2D eigenvalue weighted by Gasteiger charge is -2.19. The maximum Gasteiger partial charge on any atom is 0.408 e. The van der Waals surface area contributed by atoms with E-state index >= 15 is 0 Å². The number of phenols is 1. The minimum absolute atomic E-state index is 0.00711. The van der Waals surface area contributed by atoms with Gasteiger partial charge in [-0.05, 0) is 42.3 Å². The van der Waals surface area contributed by atoms with Gasteiger partial charge in [-0.2, -0.15) is 0 Å². The van der Waals surface area contributed by atoms with Crippen LogP contribution < -0.4 is 5.32 Å². The van der Waals surface area contributed by atoms with Crippen molar-refractivity contribution in [2.75, 3.05) is 7.11 Å². The number of aryl methyl sites for hydroxylation is 1. The number of nitrogens with one attached hydrogen (secondary N) is 1. The van der Waals surface area contributed by atoms with Crippen LogP contribution in [0.5, 0.6) is 5.75 Å². The lowest BCUT2D eigenvalue weighted by Crippen LogP contribution is -2.43. The Morgan fingerprint density at radius 2 is 1.68 bits per heavy atom. The molecule has 0 aliphatic heterocycles. The third-order valence-corrected chi connectivity index (χ3v) is 6.94. The van der Waals surface area contributed by atoms with E-state index in [1.807, 2.05) is 13.0 Å². The van der Waals surface area contributed by atoms with Crippen molar-refractivity contribution in [1.29, 1.82) is 0 Å². The highest BCUT2D eigenvalue weighted by Gasteiger charge is 2.28. The quantitative estimate of drug-likeness (QED) is 0.470. The summed E-state index contributed by atoms with van der Waals surface area (Å²) in [6.45, 7) is 1.83. The van der Waals surface area contributed by atoms with Crippen molar-refractivity contribution in [3.63, 3.8) is 0 Å². The van der Waals surface area contributed by atoms with Gasteiger partial charge >= 0.3 is 12.1 Å². The molecule has 0 saturated heterocycles. The average molecular weight is 484 g/mol. The van der Waals surface area contributed by atoms with Gasteiger partial charge < -0.3 is 19.9 Å². The molecule has 0 aliphatic carbocycles.